The largest absolute Gasteiger partial charge is 1.00 e. The Balaban J connectivity index is 0.00000200. The van der Waals surface area contributed by atoms with E-state index in [0.717, 1.165) is 18.5 Å². The number of hydrogen-bond acceptors (Lipinski definition) is 1. The Morgan fingerprint density at radius 1 is 1.10 bits per heavy atom. The summed E-state index contributed by atoms with van der Waals surface area (Å²) in [7, 11) is 0. The quantitative estimate of drug-likeness (QED) is 0.747. The Labute approximate surface area is 125 Å². The summed E-state index contributed by atoms with van der Waals surface area (Å²) in [5.74, 6) is 0. The van der Waals surface area contributed by atoms with E-state index in [4.69, 9.17) is 5.73 Å². The first-order valence-electron chi connectivity index (χ1n) is 6.44. The van der Waals surface area contributed by atoms with Crippen LogP contribution in [0, 0.1) is 13.8 Å². The Morgan fingerprint density at radius 2 is 1.75 bits per heavy atom. The third-order valence-electron chi connectivity index (χ3n) is 3.49. The molecule has 2 N–H and O–H groups in total. The van der Waals surface area contributed by atoms with Crippen LogP contribution in [0.2, 0.25) is 0 Å². The molecule has 0 aliphatic rings. The maximum Gasteiger partial charge on any atom is 0.493 e. The normalized spacial score (nSPS) is 9.90. The minimum Gasteiger partial charge on any atom is -1.00 e. The SMILES string of the molecule is Cc1cc[n+](C(N)=O)c(C)c1CCc1ccccc1.[Cl-]. The summed E-state index contributed by atoms with van der Waals surface area (Å²) < 4.78 is 1.51. The fraction of sp³-hybridized carbons (Fsp3) is 0.250. The van der Waals surface area contributed by atoms with Crippen molar-refractivity contribution in [3.8, 4) is 0 Å². The molecule has 0 bridgehead atoms. The Hall–Kier alpha value is -1.87. The molecule has 0 fully saturated rings. The number of pyridine rings is 1. The molecule has 20 heavy (non-hydrogen) atoms. The number of nitrogens with two attached hydrogens (primary N) is 1. The van der Waals surface area contributed by atoms with Gasteiger partial charge in [-0.05, 0) is 49.4 Å². The van der Waals surface area contributed by atoms with Gasteiger partial charge in [-0.3, -0.25) is 5.73 Å². The highest BCUT2D eigenvalue weighted by Crippen LogP contribution is 2.13. The van der Waals surface area contributed by atoms with Crippen molar-refractivity contribution in [1.29, 1.82) is 0 Å². The van der Waals surface area contributed by atoms with Gasteiger partial charge in [-0.25, -0.2) is 0 Å². The maximum atomic E-state index is 11.3. The first kappa shape index (κ1) is 16.2. The van der Waals surface area contributed by atoms with Gasteiger partial charge in [0.2, 0.25) is 0 Å². The van der Waals surface area contributed by atoms with Gasteiger partial charge in [0.1, 0.15) is 5.69 Å². The zero-order valence-electron chi connectivity index (χ0n) is 11.8. The van der Waals surface area contributed by atoms with E-state index in [-0.39, 0.29) is 12.4 Å². The average molecular weight is 291 g/mol. The van der Waals surface area contributed by atoms with E-state index in [1.54, 1.807) is 6.20 Å². The monoisotopic (exact) mass is 290 g/mol. The number of primary amides is 1. The lowest BCUT2D eigenvalue weighted by atomic mass is 9.99. The molecule has 1 amide bonds. The summed E-state index contributed by atoms with van der Waals surface area (Å²) in [6, 6.07) is 11.9. The number of carbonyl (C=O) groups excluding carboxylic acids is 1. The molecule has 0 atom stereocenters. The average Bonchev–Trinajstić information content (AvgIpc) is 2.39. The molecule has 2 rings (SSSR count). The minimum absolute atomic E-state index is 0. The fourth-order valence-corrected chi connectivity index (χ4v) is 2.36. The number of halogens is 1. The summed E-state index contributed by atoms with van der Waals surface area (Å²) in [6.45, 7) is 4.01. The van der Waals surface area contributed by atoms with E-state index in [9.17, 15) is 4.79 Å². The van der Waals surface area contributed by atoms with E-state index in [1.165, 1.54) is 21.3 Å². The molecule has 0 aliphatic heterocycles. The van der Waals surface area contributed by atoms with Crippen LogP contribution in [0.4, 0.5) is 4.79 Å². The predicted molar refractivity (Wildman–Crippen MR) is 74.9 cm³/mol. The Kier molecular flexibility index (Phi) is 5.71. The molecule has 0 spiro atoms. The molecule has 4 heteroatoms. The lowest BCUT2D eigenvalue weighted by molar-refractivity contribution is -0.577. The first-order chi connectivity index (χ1) is 9.09. The molecule has 1 aromatic carbocycles. The van der Waals surface area contributed by atoms with Crippen LogP contribution in [-0.2, 0) is 12.8 Å². The molecule has 0 aliphatic carbocycles. The number of benzene rings is 1. The van der Waals surface area contributed by atoms with E-state index in [2.05, 4.69) is 19.1 Å². The van der Waals surface area contributed by atoms with Crippen LogP contribution in [0.1, 0.15) is 22.4 Å². The van der Waals surface area contributed by atoms with Gasteiger partial charge in [-0.15, -0.1) is 0 Å². The topological polar surface area (TPSA) is 47.0 Å². The molecular formula is C16H19ClN2O. The lowest BCUT2D eigenvalue weighted by Crippen LogP contribution is -3.00. The van der Waals surface area contributed by atoms with Crippen LogP contribution in [0.3, 0.4) is 0 Å². The maximum absolute atomic E-state index is 11.3. The number of nitrogens with zero attached hydrogens (tertiary/aromatic N) is 1. The van der Waals surface area contributed by atoms with Gasteiger partial charge in [-0.2, -0.15) is 9.36 Å². The third kappa shape index (κ3) is 3.58. The molecule has 2 aromatic rings. The van der Waals surface area contributed by atoms with Crippen LogP contribution >= 0.6 is 0 Å². The molecule has 0 saturated heterocycles. The van der Waals surface area contributed by atoms with Crippen molar-refractivity contribution in [2.45, 2.75) is 26.7 Å². The summed E-state index contributed by atoms with van der Waals surface area (Å²) >= 11 is 0. The smallest absolute Gasteiger partial charge is 0.493 e. The van der Waals surface area contributed by atoms with Gasteiger partial charge in [0.05, 0.1) is 6.20 Å². The number of carbonyl (C=O) groups is 1. The van der Waals surface area contributed by atoms with Gasteiger partial charge in [0.25, 0.3) is 0 Å². The molecule has 3 nitrogen and oxygen atoms in total. The van der Waals surface area contributed by atoms with Gasteiger partial charge < -0.3 is 12.4 Å². The lowest BCUT2D eigenvalue weighted by Gasteiger charge is -2.10. The molecule has 0 radical (unpaired) electrons. The number of hydrogen-bond donors (Lipinski definition) is 1. The van der Waals surface area contributed by atoms with Gasteiger partial charge >= 0.3 is 6.03 Å². The Bertz CT molecular complexity index is 597. The second-order valence-electron chi connectivity index (χ2n) is 4.76. The van der Waals surface area contributed by atoms with Crippen molar-refractivity contribution in [2.75, 3.05) is 0 Å². The standard InChI is InChI=1S/C16H18N2O.ClH/c1-12-10-11-18(16(17)19)13(2)15(12)9-8-14-6-4-3-5-7-14;/h3-7,10-11H,8-9H2,1-2H3,(H-,17,19);1H. The van der Waals surface area contributed by atoms with Crippen LogP contribution in [0.5, 0.6) is 0 Å². The van der Waals surface area contributed by atoms with Crippen molar-refractivity contribution in [3.05, 3.63) is 65.0 Å². The highest BCUT2D eigenvalue weighted by atomic mass is 35.5. The van der Waals surface area contributed by atoms with Crippen molar-refractivity contribution in [2.24, 2.45) is 5.73 Å². The summed E-state index contributed by atoms with van der Waals surface area (Å²) in [5.41, 5.74) is 10.00. The van der Waals surface area contributed by atoms with Gasteiger partial charge in [0.15, 0.2) is 0 Å². The summed E-state index contributed by atoms with van der Waals surface area (Å²) in [4.78, 5) is 11.3. The van der Waals surface area contributed by atoms with Crippen molar-refractivity contribution >= 4 is 6.03 Å². The second-order valence-corrected chi connectivity index (χ2v) is 4.76. The molecule has 1 heterocycles. The van der Waals surface area contributed by atoms with Crippen LogP contribution in [0.25, 0.3) is 0 Å². The zero-order chi connectivity index (χ0) is 13.8. The van der Waals surface area contributed by atoms with E-state index < -0.39 is 6.03 Å². The van der Waals surface area contributed by atoms with E-state index in [1.807, 2.05) is 31.2 Å². The van der Waals surface area contributed by atoms with Crippen molar-refractivity contribution in [1.82, 2.24) is 0 Å². The molecule has 106 valence electrons. The molecular weight excluding hydrogens is 272 g/mol. The number of amides is 1. The van der Waals surface area contributed by atoms with E-state index in [0.29, 0.717) is 0 Å². The molecule has 1 aromatic heterocycles. The number of aromatic nitrogens is 1. The van der Waals surface area contributed by atoms with Crippen molar-refractivity contribution in [3.63, 3.8) is 0 Å². The fourth-order valence-electron chi connectivity index (χ4n) is 2.36. The highest BCUT2D eigenvalue weighted by Gasteiger charge is 2.15. The predicted octanol–water partition coefficient (Wildman–Crippen LogP) is -0.693. The zero-order valence-corrected chi connectivity index (χ0v) is 12.5. The van der Waals surface area contributed by atoms with Gasteiger partial charge in [-0.1, -0.05) is 30.3 Å². The van der Waals surface area contributed by atoms with Crippen LogP contribution in [0.15, 0.2) is 42.6 Å². The number of rotatable bonds is 3. The van der Waals surface area contributed by atoms with Crippen molar-refractivity contribution < 1.29 is 21.8 Å². The Morgan fingerprint density at radius 3 is 2.35 bits per heavy atom. The minimum atomic E-state index is -0.432. The summed E-state index contributed by atoms with van der Waals surface area (Å²) in [6.07, 6.45) is 3.61. The van der Waals surface area contributed by atoms with Gasteiger partial charge in [0, 0.05) is 0 Å². The first-order valence-corrected chi connectivity index (χ1v) is 6.44. The summed E-state index contributed by atoms with van der Waals surface area (Å²) in [5, 5.41) is 0. The van der Waals surface area contributed by atoms with Crippen LogP contribution < -0.4 is 22.7 Å². The third-order valence-corrected chi connectivity index (χ3v) is 3.49. The van der Waals surface area contributed by atoms with Crippen LogP contribution in [-0.4, -0.2) is 6.03 Å². The van der Waals surface area contributed by atoms with E-state index >= 15 is 0 Å². The molecule has 0 saturated carbocycles. The molecule has 0 unspecified atom stereocenters. The second kappa shape index (κ2) is 7.06. The highest BCUT2D eigenvalue weighted by molar-refractivity contribution is 5.62. The number of aryl methyl sites for hydroxylation is 2.